The van der Waals surface area contributed by atoms with E-state index in [0.717, 1.165) is 64.5 Å². The summed E-state index contributed by atoms with van der Waals surface area (Å²) in [4.78, 5) is 0. The van der Waals surface area contributed by atoms with Gasteiger partial charge in [0.1, 0.15) is 6.17 Å². The topological polar surface area (TPSA) is 109 Å². The second-order valence-electron chi connectivity index (χ2n) is 13.7. The average molecular weight is 552 g/mol. The van der Waals surface area contributed by atoms with Gasteiger partial charge in [-0.3, -0.25) is 5.73 Å². The van der Waals surface area contributed by atoms with Crippen molar-refractivity contribution in [3.8, 4) is 0 Å². The number of methoxy groups -OCH3 is 1. The smallest absolute Gasteiger partial charge is 0.137 e. The van der Waals surface area contributed by atoms with Crippen LogP contribution in [0.25, 0.3) is 0 Å². The predicted molar refractivity (Wildman–Crippen MR) is 147 cm³/mol. The monoisotopic (exact) mass is 551 g/mol. The van der Waals surface area contributed by atoms with Crippen LogP contribution < -0.4 is 11.1 Å². The van der Waals surface area contributed by atoms with Crippen LogP contribution in [0.1, 0.15) is 83.5 Å². The highest BCUT2D eigenvalue weighted by Crippen LogP contribution is 2.46. The molecule has 224 valence electrons. The molecule has 39 heavy (non-hydrogen) atoms. The van der Waals surface area contributed by atoms with Gasteiger partial charge in [-0.05, 0) is 70.1 Å². The number of aliphatic hydroxyl groups is 1. The summed E-state index contributed by atoms with van der Waals surface area (Å²) in [5, 5.41) is 14.1. The molecule has 5 N–H and O–H groups in total. The number of quaternary nitrogens is 1. The molecule has 12 unspecified atom stereocenters. The zero-order chi connectivity index (χ0) is 26.8. The lowest BCUT2D eigenvalue weighted by Gasteiger charge is -2.52. The zero-order valence-corrected chi connectivity index (χ0v) is 24.2. The largest absolute Gasteiger partial charge is 0.392 e. The van der Waals surface area contributed by atoms with E-state index >= 15 is 0 Å². The summed E-state index contributed by atoms with van der Waals surface area (Å²) in [6.07, 6.45) is 15.5. The minimum absolute atomic E-state index is 0.0306. The third-order valence-electron chi connectivity index (χ3n) is 11.4. The standard InChI is InChI=1S/C31H54N2O6/c1-35-21-6-8-28-24(15-21)31(36-13-11-19-10-12-33-29(32)14-19)26(18-38-28)25-17-37-27-9-7-22(16-23(27)30(25)34)39-20-4-2-3-5-20/h19-31,33-34H,2-18,32H2,1H3/p+1. The summed E-state index contributed by atoms with van der Waals surface area (Å²) in [5.74, 6) is 1.25. The fourth-order valence-electron chi connectivity index (χ4n) is 9.10. The van der Waals surface area contributed by atoms with Crippen LogP contribution in [0.3, 0.4) is 0 Å². The van der Waals surface area contributed by atoms with Crippen molar-refractivity contribution in [1.82, 2.24) is 0 Å². The van der Waals surface area contributed by atoms with E-state index in [4.69, 9.17) is 29.4 Å². The van der Waals surface area contributed by atoms with Crippen molar-refractivity contribution in [2.24, 2.45) is 35.3 Å². The van der Waals surface area contributed by atoms with E-state index in [1.807, 2.05) is 7.11 Å². The van der Waals surface area contributed by atoms with Gasteiger partial charge in [-0.25, -0.2) is 0 Å². The van der Waals surface area contributed by atoms with Crippen molar-refractivity contribution < 1.29 is 34.1 Å². The van der Waals surface area contributed by atoms with Crippen molar-refractivity contribution >= 4 is 0 Å². The quantitative estimate of drug-likeness (QED) is 0.425. The summed E-state index contributed by atoms with van der Waals surface area (Å²) in [6.45, 7) is 3.12. The van der Waals surface area contributed by atoms with Crippen LogP contribution in [0.4, 0.5) is 0 Å². The highest BCUT2D eigenvalue weighted by atomic mass is 16.5. The van der Waals surface area contributed by atoms with E-state index in [9.17, 15) is 5.11 Å². The van der Waals surface area contributed by atoms with Gasteiger partial charge >= 0.3 is 0 Å². The number of hydrogen-bond donors (Lipinski definition) is 3. The van der Waals surface area contributed by atoms with E-state index < -0.39 is 6.10 Å². The van der Waals surface area contributed by atoms with Crippen molar-refractivity contribution in [1.29, 1.82) is 0 Å². The lowest BCUT2D eigenvalue weighted by molar-refractivity contribution is -0.699. The number of rotatable bonds is 8. The van der Waals surface area contributed by atoms with Gasteiger partial charge in [0.15, 0.2) is 0 Å². The zero-order valence-electron chi connectivity index (χ0n) is 24.2. The highest BCUT2D eigenvalue weighted by Gasteiger charge is 2.52. The maximum absolute atomic E-state index is 11.9. The number of hydrogen-bond acceptors (Lipinski definition) is 7. The minimum atomic E-state index is -0.399. The number of nitrogens with two attached hydrogens (primary N) is 2. The van der Waals surface area contributed by atoms with Crippen LogP contribution in [0.2, 0.25) is 0 Å². The van der Waals surface area contributed by atoms with Crippen LogP contribution >= 0.6 is 0 Å². The van der Waals surface area contributed by atoms with Crippen molar-refractivity contribution in [2.75, 3.05) is 33.5 Å². The van der Waals surface area contributed by atoms with E-state index in [1.54, 1.807) is 0 Å². The maximum atomic E-state index is 11.9. The number of ether oxygens (including phenoxy) is 5. The Kier molecular flexibility index (Phi) is 9.83. The molecule has 6 rings (SSSR count). The van der Waals surface area contributed by atoms with Gasteiger partial charge in [0.05, 0.1) is 62.5 Å². The summed E-state index contributed by atoms with van der Waals surface area (Å²) in [5.41, 5.74) is 6.22. The lowest BCUT2D eigenvalue weighted by Crippen LogP contribution is -2.94. The van der Waals surface area contributed by atoms with E-state index in [2.05, 4.69) is 5.32 Å². The van der Waals surface area contributed by atoms with E-state index in [-0.39, 0.29) is 54.4 Å². The molecule has 0 bridgehead atoms. The molecular weight excluding hydrogens is 496 g/mol. The molecule has 3 aliphatic heterocycles. The SMILES string of the molecule is COC1CCC2OCC(C3COC4CCC(OC5CCCC5)CC4C3O)C(OCCC3CC[NH2+]C(N)C3)C2C1. The van der Waals surface area contributed by atoms with Gasteiger partial charge in [-0.15, -0.1) is 0 Å². The third kappa shape index (κ3) is 6.69. The molecule has 8 heteroatoms. The molecule has 0 spiro atoms. The molecule has 3 heterocycles. The molecule has 0 aromatic carbocycles. The number of aliphatic hydroxyl groups excluding tert-OH is 1. The molecule has 0 aromatic heterocycles. The van der Waals surface area contributed by atoms with E-state index in [0.29, 0.717) is 31.2 Å². The van der Waals surface area contributed by atoms with Gasteiger partial charge in [0.25, 0.3) is 0 Å². The fourth-order valence-corrected chi connectivity index (χ4v) is 9.10. The first-order valence-electron chi connectivity index (χ1n) is 16.4. The van der Waals surface area contributed by atoms with E-state index in [1.165, 1.54) is 32.1 Å². The lowest BCUT2D eigenvalue weighted by atomic mass is 9.67. The summed E-state index contributed by atoms with van der Waals surface area (Å²) >= 11 is 0. The maximum Gasteiger partial charge on any atom is 0.137 e. The Morgan fingerprint density at radius 3 is 2.28 bits per heavy atom. The molecule has 3 saturated carbocycles. The molecule has 3 saturated heterocycles. The molecule has 8 nitrogen and oxygen atoms in total. The second-order valence-corrected chi connectivity index (χ2v) is 13.7. The molecule has 0 aromatic rings. The van der Waals surface area contributed by atoms with Gasteiger partial charge in [0.2, 0.25) is 0 Å². The third-order valence-corrected chi connectivity index (χ3v) is 11.4. The Morgan fingerprint density at radius 2 is 1.51 bits per heavy atom. The second kappa shape index (κ2) is 13.3. The summed E-state index contributed by atoms with van der Waals surface area (Å²) < 4.78 is 32.2. The first kappa shape index (κ1) is 28.8. The van der Waals surface area contributed by atoms with Crippen LogP contribution in [0, 0.1) is 29.6 Å². The molecular formula is C31H55N2O6+. The molecule has 0 radical (unpaired) electrons. The van der Waals surface area contributed by atoms with Gasteiger partial charge < -0.3 is 34.1 Å². The molecule has 12 atom stereocenters. The first-order valence-corrected chi connectivity index (χ1v) is 16.4. The van der Waals surface area contributed by atoms with Crippen LogP contribution in [0.15, 0.2) is 0 Å². The van der Waals surface area contributed by atoms with Crippen molar-refractivity contribution in [2.45, 2.75) is 132 Å². The van der Waals surface area contributed by atoms with Crippen LogP contribution in [0.5, 0.6) is 0 Å². The van der Waals surface area contributed by atoms with Crippen LogP contribution in [-0.4, -0.2) is 87.5 Å². The van der Waals surface area contributed by atoms with Gasteiger partial charge in [-0.1, -0.05) is 12.8 Å². The van der Waals surface area contributed by atoms with Crippen molar-refractivity contribution in [3.05, 3.63) is 0 Å². The molecule has 0 amide bonds. The first-order chi connectivity index (χ1) is 19.1. The molecule has 6 aliphatic rings. The Hall–Kier alpha value is -0.320. The molecule has 3 aliphatic carbocycles. The normalized spacial score (nSPS) is 47.5. The Balaban J connectivity index is 1.13. The summed E-state index contributed by atoms with van der Waals surface area (Å²) in [7, 11) is 1.83. The van der Waals surface area contributed by atoms with Crippen molar-refractivity contribution in [3.63, 3.8) is 0 Å². The average Bonchev–Trinajstić information content (AvgIpc) is 3.47. The Morgan fingerprint density at radius 1 is 0.795 bits per heavy atom. The summed E-state index contributed by atoms with van der Waals surface area (Å²) in [6, 6.07) is 0. The Labute approximate surface area is 235 Å². The van der Waals surface area contributed by atoms with Crippen LogP contribution in [-0.2, 0) is 23.7 Å². The number of piperidine rings is 1. The van der Waals surface area contributed by atoms with Gasteiger partial charge in [0, 0.05) is 43.8 Å². The predicted octanol–water partition coefficient (Wildman–Crippen LogP) is 2.35. The highest BCUT2D eigenvalue weighted by molar-refractivity contribution is 5.00. The fraction of sp³-hybridized carbons (Fsp3) is 1.00. The molecule has 6 fully saturated rings. The van der Waals surface area contributed by atoms with Gasteiger partial charge in [-0.2, -0.15) is 0 Å². The minimum Gasteiger partial charge on any atom is -0.392 e. The Bertz CT molecular complexity index is 767. The number of fused-ring (bicyclic) bond motifs is 2.